The number of amides is 3. The highest BCUT2D eigenvalue weighted by Gasteiger charge is 2.59. The smallest absolute Gasteiger partial charge is 0.248 e. The van der Waals surface area contributed by atoms with Crippen LogP contribution in [-0.2, 0) is 14.4 Å². The number of hydrogen-bond donors (Lipinski definition) is 1. The molecule has 1 saturated carbocycles. The molecule has 0 aromatic heterocycles. The Kier molecular flexibility index (Phi) is 4.39. The summed E-state index contributed by atoms with van der Waals surface area (Å²) in [6, 6.07) is 14.8. The minimum Gasteiger partial charge on any atom is -0.322 e. The Morgan fingerprint density at radius 3 is 2.40 bits per heavy atom. The van der Waals surface area contributed by atoms with Crippen LogP contribution in [0.25, 0.3) is 6.08 Å². The van der Waals surface area contributed by atoms with Crippen molar-refractivity contribution in [1.29, 1.82) is 0 Å². The molecule has 1 heterocycles. The van der Waals surface area contributed by atoms with Gasteiger partial charge in [-0.1, -0.05) is 42.5 Å². The predicted molar refractivity (Wildman–Crippen MR) is 115 cm³/mol. The number of para-hydroxylation sites is 1. The van der Waals surface area contributed by atoms with Crippen molar-refractivity contribution in [3.05, 3.63) is 77.9 Å². The summed E-state index contributed by atoms with van der Waals surface area (Å²) in [5.41, 5.74) is 3.08. The fourth-order valence-electron chi connectivity index (χ4n) is 4.98. The standard InChI is InChI=1S/C25H22N2O3/c1-15-5-2-3-8-20(15)26-21(28)12-9-16-6-4-7-19(13-16)27-24(29)22-17-10-11-18(14-17)23(22)25(27)30/h2-13,17-18,22-23H,14H2,1H3,(H,26,28)/b12-9-/t17-,18-,22-,23+/m0/s1. The average molecular weight is 398 g/mol. The van der Waals surface area contributed by atoms with Crippen molar-refractivity contribution in [3.8, 4) is 0 Å². The number of fused-ring (bicyclic) bond motifs is 5. The fourth-order valence-corrected chi connectivity index (χ4v) is 4.98. The van der Waals surface area contributed by atoms with Gasteiger partial charge < -0.3 is 5.32 Å². The highest BCUT2D eigenvalue weighted by Crippen LogP contribution is 2.53. The van der Waals surface area contributed by atoms with Crippen LogP contribution >= 0.6 is 0 Å². The molecule has 4 atom stereocenters. The third-order valence-corrected chi connectivity index (χ3v) is 6.43. The van der Waals surface area contributed by atoms with Gasteiger partial charge in [0.1, 0.15) is 0 Å². The molecule has 30 heavy (non-hydrogen) atoms. The highest BCUT2D eigenvalue weighted by atomic mass is 16.2. The number of imide groups is 1. The number of anilines is 2. The lowest BCUT2D eigenvalue weighted by atomic mass is 9.85. The van der Waals surface area contributed by atoms with Crippen LogP contribution in [0.4, 0.5) is 11.4 Å². The van der Waals surface area contributed by atoms with Crippen molar-refractivity contribution < 1.29 is 14.4 Å². The molecule has 2 fully saturated rings. The molecule has 0 radical (unpaired) electrons. The number of carbonyl (C=O) groups excluding carboxylic acids is 3. The Labute approximate surface area is 175 Å². The van der Waals surface area contributed by atoms with E-state index in [0.29, 0.717) is 5.69 Å². The van der Waals surface area contributed by atoms with Gasteiger partial charge in [0.15, 0.2) is 0 Å². The molecule has 2 aromatic carbocycles. The molecule has 2 aliphatic carbocycles. The largest absolute Gasteiger partial charge is 0.322 e. The molecule has 5 heteroatoms. The summed E-state index contributed by atoms with van der Waals surface area (Å²) >= 11 is 0. The minimum atomic E-state index is -0.236. The van der Waals surface area contributed by atoms with Gasteiger partial charge in [-0.05, 0) is 60.6 Å². The normalized spacial score (nSPS) is 26.6. The van der Waals surface area contributed by atoms with Crippen LogP contribution < -0.4 is 10.2 Å². The first-order chi connectivity index (χ1) is 14.5. The summed E-state index contributed by atoms with van der Waals surface area (Å²) in [5, 5.41) is 2.86. The Hall–Kier alpha value is -3.47. The number of benzene rings is 2. The van der Waals surface area contributed by atoms with Gasteiger partial charge in [-0.25, -0.2) is 4.90 Å². The molecule has 0 spiro atoms. The van der Waals surface area contributed by atoms with Crippen LogP contribution in [0.1, 0.15) is 17.5 Å². The molecule has 5 rings (SSSR count). The van der Waals surface area contributed by atoms with Crippen molar-refractivity contribution in [2.24, 2.45) is 23.7 Å². The summed E-state index contributed by atoms with van der Waals surface area (Å²) < 4.78 is 0. The van der Waals surface area contributed by atoms with E-state index < -0.39 is 0 Å². The van der Waals surface area contributed by atoms with Crippen molar-refractivity contribution >= 4 is 35.2 Å². The maximum atomic E-state index is 13.0. The zero-order valence-corrected chi connectivity index (χ0v) is 16.6. The maximum Gasteiger partial charge on any atom is 0.248 e. The van der Waals surface area contributed by atoms with Gasteiger partial charge in [0, 0.05) is 11.8 Å². The van der Waals surface area contributed by atoms with E-state index in [2.05, 4.69) is 17.5 Å². The van der Waals surface area contributed by atoms with Gasteiger partial charge in [0.25, 0.3) is 0 Å². The Balaban J connectivity index is 1.33. The average Bonchev–Trinajstić information content (AvgIpc) is 3.42. The van der Waals surface area contributed by atoms with Crippen LogP contribution in [0.3, 0.4) is 0 Å². The lowest BCUT2D eigenvalue weighted by molar-refractivity contribution is -0.123. The number of nitrogens with zero attached hydrogens (tertiary/aromatic N) is 1. The van der Waals surface area contributed by atoms with Crippen LogP contribution in [0.15, 0.2) is 66.8 Å². The summed E-state index contributed by atoms with van der Waals surface area (Å²) in [7, 11) is 0. The molecular weight excluding hydrogens is 376 g/mol. The molecule has 5 nitrogen and oxygen atoms in total. The highest BCUT2D eigenvalue weighted by molar-refractivity contribution is 6.22. The molecule has 2 aromatic rings. The summed E-state index contributed by atoms with van der Waals surface area (Å²) in [6.07, 6.45) is 8.24. The quantitative estimate of drug-likeness (QED) is 0.482. The van der Waals surface area contributed by atoms with E-state index in [1.165, 1.54) is 11.0 Å². The van der Waals surface area contributed by atoms with Gasteiger partial charge in [-0.15, -0.1) is 0 Å². The van der Waals surface area contributed by atoms with E-state index in [1.807, 2.05) is 37.3 Å². The number of rotatable bonds is 4. The maximum absolute atomic E-state index is 13.0. The van der Waals surface area contributed by atoms with Gasteiger partial charge >= 0.3 is 0 Å². The van der Waals surface area contributed by atoms with Gasteiger partial charge in [0.05, 0.1) is 17.5 Å². The topological polar surface area (TPSA) is 66.5 Å². The second-order valence-electron chi connectivity index (χ2n) is 8.24. The van der Waals surface area contributed by atoms with E-state index in [0.717, 1.165) is 23.2 Å². The summed E-state index contributed by atoms with van der Waals surface area (Å²) in [6.45, 7) is 1.93. The monoisotopic (exact) mass is 398 g/mol. The second-order valence-corrected chi connectivity index (χ2v) is 8.24. The first-order valence-electron chi connectivity index (χ1n) is 10.2. The van der Waals surface area contributed by atoms with Crippen molar-refractivity contribution in [2.45, 2.75) is 13.3 Å². The van der Waals surface area contributed by atoms with Gasteiger partial charge in [-0.3, -0.25) is 14.4 Å². The van der Waals surface area contributed by atoms with Crippen LogP contribution in [0, 0.1) is 30.6 Å². The summed E-state index contributed by atoms with van der Waals surface area (Å²) in [5.74, 6) is -0.483. The molecule has 0 unspecified atom stereocenters. The fraction of sp³-hybridized carbons (Fsp3) is 0.240. The first-order valence-corrected chi connectivity index (χ1v) is 10.2. The van der Waals surface area contributed by atoms with Gasteiger partial charge in [-0.2, -0.15) is 0 Å². The molecule has 3 aliphatic rings. The zero-order chi connectivity index (χ0) is 20.8. The molecule has 1 saturated heterocycles. The van der Waals surface area contributed by atoms with Crippen LogP contribution in [0.2, 0.25) is 0 Å². The lowest BCUT2D eigenvalue weighted by Crippen LogP contribution is -2.32. The Morgan fingerprint density at radius 2 is 1.70 bits per heavy atom. The number of nitrogens with one attached hydrogen (secondary N) is 1. The van der Waals surface area contributed by atoms with Crippen molar-refractivity contribution in [2.75, 3.05) is 10.2 Å². The molecular formula is C25H22N2O3. The second kappa shape index (κ2) is 7.10. The van der Waals surface area contributed by atoms with Crippen LogP contribution in [0.5, 0.6) is 0 Å². The molecule has 3 amide bonds. The number of carbonyl (C=O) groups is 3. The molecule has 150 valence electrons. The summed E-state index contributed by atoms with van der Waals surface area (Å²) in [4.78, 5) is 39.6. The predicted octanol–water partition coefficient (Wildman–Crippen LogP) is 3.96. The van der Waals surface area contributed by atoms with E-state index >= 15 is 0 Å². The molecule has 2 bridgehead atoms. The first kappa shape index (κ1) is 18.6. The number of hydrogen-bond acceptors (Lipinski definition) is 3. The molecule has 1 N–H and O–H groups in total. The van der Waals surface area contributed by atoms with Crippen molar-refractivity contribution in [3.63, 3.8) is 0 Å². The van der Waals surface area contributed by atoms with E-state index in [4.69, 9.17) is 0 Å². The lowest BCUT2D eigenvalue weighted by Gasteiger charge is -2.17. The van der Waals surface area contributed by atoms with Crippen molar-refractivity contribution in [1.82, 2.24) is 0 Å². The number of allylic oxidation sites excluding steroid dienone is 2. The zero-order valence-electron chi connectivity index (χ0n) is 16.6. The van der Waals surface area contributed by atoms with E-state index in [1.54, 1.807) is 24.3 Å². The Bertz CT molecular complexity index is 1090. The van der Waals surface area contributed by atoms with Gasteiger partial charge in [0.2, 0.25) is 17.7 Å². The SMILES string of the molecule is Cc1ccccc1NC(=O)/C=C\c1cccc(N2C(=O)[C@@H]3[C@H](C2=O)[C@H]2C=C[C@H]3C2)c1. The van der Waals surface area contributed by atoms with E-state index in [-0.39, 0.29) is 41.4 Å². The molecule has 1 aliphatic heterocycles. The number of aryl methyl sites for hydroxylation is 1. The Morgan fingerprint density at radius 1 is 1.00 bits per heavy atom. The van der Waals surface area contributed by atoms with E-state index in [9.17, 15) is 14.4 Å². The minimum absolute atomic E-state index is 0.0970. The third kappa shape index (κ3) is 2.98. The third-order valence-electron chi connectivity index (χ3n) is 6.43. The van der Waals surface area contributed by atoms with Crippen LogP contribution in [-0.4, -0.2) is 17.7 Å².